The van der Waals surface area contributed by atoms with Crippen LogP contribution in [0.4, 0.5) is 5.69 Å². The Hall–Kier alpha value is -1.96. The predicted molar refractivity (Wildman–Crippen MR) is 115 cm³/mol. The number of para-hydroxylation sites is 1. The Kier molecular flexibility index (Phi) is 3.67. The number of fused-ring (bicyclic) bond motifs is 3. The molecule has 2 aliphatic rings. The second-order valence-electron chi connectivity index (χ2n) is 9.66. The van der Waals surface area contributed by atoms with Crippen LogP contribution >= 0.6 is 0 Å². The summed E-state index contributed by atoms with van der Waals surface area (Å²) in [7, 11) is 0. The van der Waals surface area contributed by atoms with E-state index in [1.165, 1.54) is 60.5 Å². The minimum absolute atomic E-state index is 0.148. The molecule has 1 aliphatic carbocycles. The lowest BCUT2D eigenvalue weighted by Crippen LogP contribution is -2.44. The van der Waals surface area contributed by atoms with Crippen molar-refractivity contribution in [3.63, 3.8) is 0 Å². The first-order valence-corrected chi connectivity index (χ1v) is 10.6. The van der Waals surface area contributed by atoms with E-state index in [2.05, 4.69) is 69.0 Å². The van der Waals surface area contributed by atoms with Gasteiger partial charge in [-0.3, -0.25) is 0 Å². The molecular weight excluding hydrogens is 330 g/mol. The van der Waals surface area contributed by atoms with Gasteiger partial charge in [0, 0.05) is 22.4 Å². The van der Waals surface area contributed by atoms with E-state index in [0.29, 0.717) is 11.5 Å². The van der Waals surface area contributed by atoms with Gasteiger partial charge in [0.2, 0.25) is 0 Å². The molecule has 1 unspecified atom stereocenters. The molecule has 1 saturated carbocycles. The Morgan fingerprint density at radius 1 is 0.963 bits per heavy atom. The highest BCUT2D eigenvalue weighted by atomic mass is 16.3. The molecule has 0 N–H and O–H groups in total. The first kappa shape index (κ1) is 17.2. The summed E-state index contributed by atoms with van der Waals surface area (Å²) in [6.07, 6.45) is 8.24. The number of hydrogen-bond acceptors (Lipinski definition) is 2. The van der Waals surface area contributed by atoms with E-state index in [1.54, 1.807) is 0 Å². The highest BCUT2D eigenvalue weighted by Crippen LogP contribution is 2.57. The third-order valence-corrected chi connectivity index (χ3v) is 7.52. The molecule has 0 radical (unpaired) electrons. The fourth-order valence-electron chi connectivity index (χ4n) is 6.41. The van der Waals surface area contributed by atoms with Crippen LogP contribution in [-0.2, 0) is 0 Å². The minimum Gasteiger partial charge on any atom is -0.454 e. The molecule has 1 atom stereocenters. The number of nitrogens with zero attached hydrogens (tertiary/aromatic N) is 1. The number of hydrogen-bond donors (Lipinski definition) is 0. The van der Waals surface area contributed by atoms with Gasteiger partial charge in [-0.2, -0.15) is 0 Å². The molecule has 3 aromatic rings. The Balaban J connectivity index is 1.73. The van der Waals surface area contributed by atoms with Crippen LogP contribution in [-0.4, -0.2) is 11.6 Å². The SMILES string of the molecule is Cc1ccc2c(oc3ccccc32)c1N1C(C)C2(CCCCC2)CC1(C)C. The number of aryl methyl sites for hydroxylation is 1. The van der Waals surface area contributed by atoms with Crippen molar-refractivity contribution in [1.29, 1.82) is 0 Å². The Morgan fingerprint density at radius 3 is 2.48 bits per heavy atom. The molecule has 2 heterocycles. The zero-order valence-corrected chi connectivity index (χ0v) is 17.1. The first-order chi connectivity index (χ1) is 12.9. The van der Waals surface area contributed by atoms with Crippen LogP contribution in [0.25, 0.3) is 21.9 Å². The van der Waals surface area contributed by atoms with Crippen LogP contribution in [0, 0.1) is 12.3 Å². The van der Waals surface area contributed by atoms with Crippen molar-refractivity contribution >= 4 is 27.6 Å². The first-order valence-electron chi connectivity index (χ1n) is 10.6. The molecule has 5 rings (SSSR count). The van der Waals surface area contributed by atoms with E-state index in [4.69, 9.17) is 4.42 Å². The van der Waals surface area contributed by atoms with E-state index >= 15 is 0 Å². The fourth-order valence-corrected chi connectivity index (χ4v) is 6.41. The second-order valence-corrected chi connectivity index (χ2v) is 9.66. The van der Waals surface area contributed by atoms with Crippen molar-refractivity contribution in [2.24, 2.45) is 5.41 Å². The third-order valence-electron chi connectivity index (χ3n) is 7.52. The third kappa shape index (κ3) is 2.38. The summed E-state index contributed by atoms with van der Waals surface area (Å²) in [4.78, 5) is 2.72. The van der Waals surface area contributed by atoms with Gasteiger partial charge in [-0.25, -0.2) is 0 Å². The average molecular weight is 362 g/mol. The van der Waals surface area contributed by atoms with Gasteiger partial charge in [-0.05, 0) is 64.0 Å². The molecule has 2 aromatic carbocycles. The van der Waals surface area contributed by atoms with Crippen molar-refractivity contribution < 1.29 is 4.42 Å². The molecule has 2 nitrogen and oxygen atoms in total. The largest absolute Gasteiger partial charge is 0.454 e. The molecule has 2 heteroatoms. The minimum atomic E-state index is 0.148. The standard InChI is InChI=1S/C25H31NO/c1-17-12-13-20-19-10-6-7-11-21(19)27-23(20)22(17)26-18(2)25(16-24(26,3)4)14-8-5-9-15-25/h6-7,10-13,18H,5,8-9,14-16H2,1-4H3. The lowest BCUT2D eigenvalue weighted by Gasteiger charge is -2.41. The molecule has 2 fully saturated rings. The Labute approximate surface area is 162 Å². The molecular formula is C25H31NO. The molecule has 27 heavy (non-hydrogen) atoms. The van der Waals surface area contributed by atoms with Gasteiger partial charge in [-0.15, -0.1) is 0 Å². The number of anilines is 1. The van der Waals surface area contributed by atoms with Crippen LogP contribution < -0.4 is 4.90 Å². The van der Waals surface area contributed by atoms with Gasteiger partial charge >= 0.3 is 0 Å². The second kappa shape index (κ2) is 5.77. The summed E-state index contributed by atoms with van der Waals surface area (Å²) >= 11 is 0. The van der Waals surface area contributed by atoms with Crippen LogP contribution in [0.3, 0.4) is 0 Å². The smallest absolute Gasteiger partial charge is 0.158 e. The summed E-state index contributed by atoms with van der Waals surface area (Å²) in [6, 6.07) is 13.5. The summed E-state index contributed by atoms with van der Waals surface area (Å²) in [5.41, 5.74) is 5.33. The summed E-state index contributed by atoms with van der Waals surface area (Å²) in [6.45, 7) is 9.60. The fraction of sp³-hybridized carbons (Fsp3) is 0.520. The van der Waals surface area contributed by atoms with E-state index in [9.17, 15) is 0 Å². The van der Waals surface area contributed by atoms with Gasteiger partial charge in [0.1, 0.15) is 5.58 Å². The Bertz CT molecular complexity index is 1010. The molecule has 142 valence electrons. The van der Waals surface area contributed by atoms with Crippen LogP contribution in [0.2, 0.25) is 0 Å². The van der Waals surface area contributed by atoms with Crippen molar-refractivity contribution in [3.05, 3.63) is 42.0 Å². The number of benzene rings is 2. The monoisotopic (exact) mass is 361 g/mol. The van der Waals surface area contributed by atoms with E-state index in [-0.39, 0.29) is 5.54 Å². The lowest BCUT2D eigenvalue weighted by atomic mass is 9.68. The van der Waals surface area contributed by atoms with Crippen molar-refractivity contribution in [2.45, 2.75) is 77.8 Å². The molecule has 1 spiro atoms. The van der Waals surface area contributed by atoms with Crippen molar-refractivity contribution in [1.82, 2.24) is 0 Å². The average Bonchev–Trinajstić information content (AvgIpc) is 3.10. The summed E-state index contributed by atoms with van der Waals surface area (Å²) in [5.74, 6) is 0. The van der Waals surface area contributed by atoms with E-state index in [0.717, 1.165) is 11.2 Å². The lowest BCUT2D eigenvalue weighted by molar-refractivity contribution is 0.170. The zero-order chi connectivity index (χ0) is 18.8. The highest BCUT2D eigenvalue weighted by molar-refractivity contribution is 6.09. The molecule has 1 saturated heterocycles. The zero-order valence-electron chi connectivity index (χ0n) is 17.1. The van der Waals surface area contributed by atoms with Gasteiger partial charge in [0.05, 0.1) is 5.69 Å². The van der Waals surface area contributed by atoms with Crippen molar-refractivity contribution in [3.8, 4) is 0 Å². The predicted octanol–water partition coefficient (Wildman–Crippen LogP) is 7.22. The molecule has 0 amide bonds. The van der Waals surface area contributed by atoms with Gasteiger partial charge in [-0.1, -0.05) is 49.6 Å². The maximum atomic E-state index is 6.45. The topological polar surface area (TPSA) is 16.4 Å². The van der Waals surface area contributed by atoms with Crippen molar-refractivity contribution in [2.75, 3.05) is 4.90 Å². The van der Waals surface area contributed by atoms with E-state index < -0.39 is 0 Å². The summed E-state index contributed by atoms with van der Waals surface area (Å²) in [5, 5.41) is 2.48. The molecule has 1 aliphatic heterocycles. The maximum absolute atomic E-state index is 6.45. The molecule has 0 bridgehead atoms. The quantitative estimate of drug-likeness (QED) is 0.455. The maximum Gasteiger partial charge on any atom is 0.158 e. The summed E-state index contributed by atoms with van der Waals surface area (Å²) < 4.78 is 6.45. The Morgan fingerprint density at radius 2 is 1.70 bits per heavy atom. The molecule has 1 aromatic heterocycles. The number of rotatable bonds is 1. The van der Waals surface area contributed by atoms with Gasteiger partial charge in [0.25, 0.3) is 0 Å². The highest BCUT2D eigenvalue weighted by Gasteiger charge is 2.54. The van der Waals surface area contributed by atoms with Crippen LogP contribution in [0.5, 0.6) is 0 Å². The van der Waals surface area contributed by atoms with Gasteiger partial charge in [0.15, 0.2) is 5.58 Å². The van der Waals surface area contributed by atoms with Gasteiger partial charge < -0.3 is 9.32 Å². The van der Waals surface area contributed by atoms with Crippen LogP contribution in [0.15, 0.2) is 40.8 Å². The van der Waals surface area contributed by atoms with Crippen LogP contribution in [0.1, 0.15) is 64.9 Å². The normalized spacial score (nSPS) is 24.3. The number of furan rings is 1. The van der Waals surface area contributed by atoms with E-state index in [1.807, 2.05) is 0 Å².